The van der Waals surface area contributed by atoms with Crippen molar-refractivity contribution in [1.82, 2.24) is 0 Å². The predicted octanol–water partition coefficient (Wildman–Crippen LogP) is 3.90. The van der Waals surface area contributed by atoms with Crippen LogP contribution in [0.5, 0.6) is 17.2 Å². The summed E-state index contributed by atoms with van der Waals surface area (Å²) in [6.45, 7) is 0. The van der Waals surface area contributed by atoms with Gasteiger partial charge in [-0.3, -0.25) is 0 Å². The molecule has 1 aliphatic rings. The fourth-order valence-corrected chi connectivity index (χ4v) is 4.21. The van der Waals surface area contributed by atoms with E-state index in [1.807, 2.05) is 11.4 Å². The van der Waals surface area contributed by atoms with Crippen LogP contribution in [0.4, 0.5) is 0 Å². The van der Waals surface area contributed by atoms with E-state index in [1.165, 1.54) is 11.3 Å². The number of ether oxygens (including phenoxy) is 4. The Hall–Kier alpha value is -3.06. The predicted molar refractivity (Wildman–Crippen MR) is 96.7 cm³/mol. The van der Waals surface area contributed by atoms with Crippen molar-refractivity contribution in [1.29, 1.82) is 0 Å². The quantitative estimate of drug-likeness (QED) is 0.512. The summed E-state index contributed by atoms with van der Waals surface area (Å²) in [6, 6.07) is 7.00. The number of benzene rings is 2. The Morgan fingerprint density at radius 2 is 1.58 bits per heavy atom. The molecule has 0 atom stereocenters. The number of hydrogen-bond acceptors (Lipinski definition) is 7. The average Bonchev–Trinajstić information content (AvgIpc) is 3.20. The Morgan fingerprint density at radius 3 is 2.27 bits per heavy atom. The van der Waals surface area contributed by atoms with Gasteiger partial charge in [-0.05, 0) is 23.8 Å². The molecule has 0 saturated carbocycles. The zero-order valence-electron chi connectivity index (χ0n) is 14.2. The van der Waals surface area contributed by atoms with Gasteiger partial charge in [0.25, 0.3) is 0 Å². The second-order valence-electron chi connectivity index (χ2n) is 5.60. The summed E-state index contributed by atoms with van der Waals surface area (Å²) >= 11 is 1.44. The molecular formula is C19H14O6S. The van der Waals surface area contributed by atoms with E-state index in [0.717, 1.165) is 15.6 Å². The first-order valence-electron chi connectivity index (χ1n) is 7.70. The third-order valence-electron chi connectivity index (χ3n) is 4.33. The molecule has 0 fully saturated rings. The maximum Gasteiger partial charge on any atom is 0.347 e. The molecule has 1 aromatic heterocycles. The molecule has 4 rings (SSSR count). The fraction of sp³-hybridized carbons (Fsp3) is 0.158. The molecule has 26 heavy (non-hydrogen) atoms. The van der Waals surface area contributed by atoms with Gasteiger partial charge in [-0.25, -0.2) is 9.59 Å². The first kappa shape index (κ1) is 16.4. The first-order chi connectivity index (χ1) is 12.6. The van der Waals surface area contributed by atoms with Crippen molar-refractivity contribution in [3.63, 3.8) is 0 Å². The van der Waals surface area contributed by atoms with Crippen LogP contribution < -0.4 is 14.2 Å². The first-order valence-corrected chi connectivity index (χ1v) is 8.58. The van der Waals surface area contributed by atoms with Crippen LogP contribution in [-0.4, -0.2) is 33.3 Å². The van der Waals surface area contributed by atoms with Crippen molar-refractivity contribution in [3.05, 3.63) is 40.8 Å². The molecule has 1 aliphatic heterocycles. The molecule has 0 N–H and O–H groups in total. The van der Waals surface area contributed by atoms with Crippen LogP contribution in [-0.2, 0) is 4.74 Å². The number of cyclic esters (lactones) is 2. The van der Waals surface area contributed by atoms with E-state index < -0.39 is 11.9 Å². The second kappa shape index (κ2) is 6.03. The monoisotopic (exact) mass is 370 g/mol. The number of carbonyl (C=O) groups excluding carboxylic acids is 2. The Bertz CT molecular complexity index is 1070. The molecule has 132 valence electrons. The Balaban J connectivity index is 2.09. The summed E-state index contributed by atoms with van der Waals surface area (Å²) in [5, 5.41) is 2.60. The zero-order valence-corrected chi connectivity index (χ0v) is 15.1. The molecule has 0 radical (unpaired) electrons. The third-order valence-corrected chi connectivity index (χ3v) is 5.32. The Morgan fingerprint density at radius 1 is 0.846 bits per heavy atom. The lowest BCUT2D eigenvalue weighted by Crippen LogP contribution is -1.99. The fourth-order valence-electron chi connectivity index (χ4n) is 3.13. The van der Waals surface area contributed by atoms with Gasteiger partial charge in [-0.1, -0.05) is 6.07 Å². The minimum absolute atomic E-state index is 0.240. The topological polar surface area (TPSA) is 71.1 Å². The summed E-state index contributed by atoms with van der Waals surface area (Å²) in [6.07, 6.45) is 0. The molecule has 0 saturated heterocycles. The van der Waals surface area contributed by atoms with Crippen molar-refractivity contribution in [2.45, 2.75) is 0 Å². The lowest BCUT2D eigenvalue weighted by molar-refractivity contribution is 0.0444. The van der Waals surface area contributed by atoms with E-state index in [9.17, 15) is 9.59 Å². The third kappa shape index (κ3) is 2.24. The zero-order chi connectivity index (χ0) is 18.4. The largest absolute Gasteiger partial charge is 0.495 e. The summed E-state index contributed by atoms with van der Waals surface area (Å²) < 4.78 is 21.7. The maximum atomic E-state index is 12.3. The van der Waals surface area contributed by atoms with Crippen LogP contribution in [0.3, 0.4) is 0 Å². The minimum Gasteiger partial charge on any atom is -0.495 e. The highest BCUT2D eigenvalue weighted by molar-refractivity contribution is 7.18. The van der Waals surface area contributed by atoms with Crippen LogP contribution >= 0.6 is 11.3 Å². The maximum absolute atomic E-state index is 12.3. The summed E-state index contributed by atoms with van der Waals surface area (Å²) in [7, 11) is 4.66. The van der Waals surface area contributed by atoms with Crippen LogP contribution in [0.1, 0.15) is 20.7 Å². The van der Waals surface area contributed by atoms with Crippen molar-refractivity contribution in [2.24, 2.45) is 0 Å². The van der Waals surface area contributed by atoms with Crippen LogP contribution in [0, 0.1) is 0 Å². The van der Waals surface area contributed by atoms with E-state index in [2.05, 4.69) is 0 Å². The normalized spacial score (nSPS) is 12.9. The number of rotatable bonds is 4. The number of hydrogen-bond donors (Lipinski definition) is 0. The molecule has 0 amide bonds. The van der Waals surface area contributed by atoms with E-state index in [1.54, 1.807) is 39.5 Å². The number of thiophene rings is 1. The van der Waals surface area contributed by atoms with Gasteiger partial charge in [0.1, 0.15) is 5.75 Å². The van der Waals surface area contributed by atoms with E-state index in [0.29, 0.717) is 22.8 Å². The smallest absolute Gasteiger partial charge is 0.347 e. The number of fused-ring (bicyclic) bond motifs is 2. The van der Waals surface area contributed by atoms with E-state index >= 15 is 0 Å². The van der Waals surface area contributed by atoms with Gasteiger partial charge in [0.2, 0.25) is 0 Å². The number of methoxy groups -OCH3 is 3. The van der Waals surface area contributed by atoms with Gasteiger partial charge in [0.05, 0.1) is 32.5 Å². The molecule has 0 spiro atoms. The van der Waals surface area contributed by atoms with Crippen LogP contribution in [0.2, 0.25) is 0 Å². The summed E-state index contributed by atoms with van der Waals surface area (Å²) in [4.78, 5) is 24.5. The minimum atomic E-state index is -0.651. The SMILES string of the molecule is COc1ccc(-c2c3c(cc4c(OC)csc24)C(=O)OC3=O)cc1OC. The number of esters is 2. The lowest BCUT2D eigenvalue weighted by Gasteiger charge is -2.12. The van der Waals surface area contributed by atoms with E-state index in [-0.39, 0.29) is 11.1 Å². The molecule has 0 unspecified atom stereocenters. The second-order valence-corrected chi connectivity index (χ2v) is 6.48. The van der Waals surface area contributed by atoms with Gasteiger partial charge < -0.3 is 18.9 Å². The average molecular weight is 370 g/mol. The van der Waals surface area contributed by atoms with Gasteiger partial charge in [-0.15, -0.1) is 11.3 Å². The Labute approximate surface area is 152 Å². The van der Waals surface area contributed by atoms with Gasteiger partial charge >= 0.3 is 11.9 Å². The summed E-state index contributed by atoms with van der Waals surface area (Å²) in [5.74, 6) is 0.437. The number of carbonyl (C=O) groups is 2. The highest BCUT2D eigenvalue weighted by Crippen LogP contribution is 2.45. The standard InChI is InChI=1S/C19H14O6S/c1-22-12-5-4-9(6-13(12)23-2)15-16-11(18(20)25-19(16)21)7-10-14(24-3)8-26-17(10)15/h4-8H,1-3H3. The van der Waals surface area contributed by atoms with Crippen LogP contribution in [0.15, 0.2) is 29.6 Å². The van der Waals surface area contributed by atoms with Gasteiger partial charge in [0.15, 0.2) is 11.5 Å². The lowest BCUT2D eigenvalue weighted by atomic mass is 9.94. The van der Waals surface area contributed by atoms with Crippen molar-refractivity contribution in [2.75, 3.05) is 21.3 Å². The van der Waals surface area contributed by atoms with Crippen LogP contribution in [0.25, 0.3) is 21.2 Å². The molecule has 3 aromatic rings. The van der Waals surface area contributed by atoms with Crippen molar-refractivity contribution < 1.29 is 28.5 Å². The molecule has 7 heteroatoms. The van der Waals surface area contributed by atoms with Gasteiger partial charge in [-0.2, -0.15) is 0 Å². The Kier molecular flexibility index (Phi) is 3.81. The molecule has 0 aliphatic carbocycles. The van der Waals surface area contributed by atoms with E-state index in [4.69, 9.17) is 18.9 Å². The molecule has 6 nitrogen and oxygen atoms in total. The highest BCUT2D eigenvalue weighted by Gasteiger charge is 2.35. The summed E-state index contributed by atoms with van der Waals surface area (Å²) in [5.41, 5.74) is 1.85. The molecule has 2 heterocycles. The van der Waals surface area contributed by atoms with Crippen molar-refractivity contribution in [3.8, 4) is 28.4 Å². The molecule has 2 aromatic carbocycles. The highest BCUT2D eigenvalue weighted by atomic mass is 32.1. The molecular weight excluding hydrogens is 356 g/mol. The van der Waals surface area contributed by atoms with Crippen molar-refractivity contribution >= 4 is 33.4 Å². The molecule has 0 bridgehead atoms. The van der Waals surface area contributed by atoms with Gasteiger partial charge in [0, 0.05) is 21.0 Å².